The molecule has 67 heavy (non-hydrogen) atoms. The van der Waals surface area contributed by atoms with Crippen molar-refractivity contribution in [3.8, 4) is 11.5 Å². The van der Waals surface area contributed by atoms with Crippen LogP contribution in [0.1, 0.15) is 74.5 Å². The van der Waals surface area contributed by atoms with Crippen LogP contribution in [-0.2, 0) is 37.6 Å². The molecule has 0 radical (unpaired) electrons. The smallest absolute Gasteiger partial charge is 0.269 e. The van der Waals surface area contributed by atoms with Crippen molar-refractivity contribution in [1.29, 1.82) is 0 Å². The molecule has 2 aliphatic carbocycles. The molecule has 356 valence electrons. The van der Waals surface area contributed by atoms with Crippen molar-refractivity contribution < 1.29 is 51.8 Å². The number of benzene rings is 4. The van der Waals surface area contributed by atoms with E-state index in [9.17, 15) is 37.9 Å². The minimum absolute atomic E-state index is 0.00335. The number of aliphatic hydroxyl groups excluding tert-OH is 2. The van der Waals surface area contributed by atoms with Crippen molar-refractivity contribution in [3.05, 3.63) is 148 Å². The molecule has 6 atom stereocenters. The first-order chi connectivity index (χ1) is 32.3. The van der Waals surface area contributed by atoms with Crippen molar-refractivity contribution in [2.45, 2.75) is 87.7 Å². The van der Waals surface area contributed by atoms with E-state index in [0.717, 1.165) is 11.1 Å². The predicted molar refractivity (Wildman–Crippen MR) is 249 cm³/mol. The second-order valence-corrected chi connectivity index (χ2v) is 19.1. The lowest BCUT2D eigenvalue weighted by Crippen LogP contribution is -2.69. The van der Waals surface area contributed by atoms with E-state index in [1.165, 1.54) is 60.7 Å². The Kier molecular flexibility index (Phi) is 15.9. The first-order valence-electron chi connectivity index (χ1n) is 22.5. The normalized spacial score (nSPS) is 22.5. The number of carbonyl (C=O) groups excluding carboxylic acids is 1. The van der Waals surface area contributed by atoms with Crippen LogP contribution in [0.3, 0.4) is 0 Å². The summed E-state index contributed by atoms with van der Waals surface area (Å²) in [4.78, 5) is 28.7. The first-order valence-corrected chi connectivity index (χ1v) is 23.9. The zero-order valence-corrected chi connectivity index (χ0v) is 38.4. The number of nitro groups is 1. The number of amides is 1. The number of aliphatic hydroxyl groups is 2. The number of hydrogen-bond donors (Lipinski definition) is 3. The highest BCUT2D eigenvalue weighted by Gasteiger charge is 2.65. The molecular weight excluding hydrogens is 884 g/mol. The quantitative estimate of drug-likeness (QED) is 0.0296. The Morgan fingerprint density at radius 1 is 1.01 bits per heavy atom. The number of sulfonamides is 1. The number of rotatable bonds is 22. The van der Waals surface area contributed by atoms with Gasteiger partial charge in [-0.2, -0.15) is 4.31 Å². The fourth-order valence-electron chi connectivity index (χ4n) is 9.72. The molecule has 4 aromatic rings. The Morgan fingerprint density at radius 2 is 1.73 bits per heavy atom. The van der Waals surface area contributed by atoms with Crippen LogP contribution in [0.25, 0.3) is 0 Å². The average molecular weight is 941 g/mol. The second-order valence-electron chi connectivity index (χ2n) is 17.1. The number of likely N-dealkylation sites (N-methyl/N-ethyl adjacent to an activating group) is 1. The van der Waals surface area contributed by atoms with Gasteiger partial charge in [0, 0.05) is 68.5 Å². The molecule has 3 N–H and O–H groups in total. The fourth-order valence-corrected chi connectivity index (χ4v) is 11.1. The van der Waals surface area contributed by atoms with Crippen molar-refractivity contribution in [1.82, 2.24) is 4.31 Å². The number of nitrogens with one attached hydrogen (secondary N) is 1. The number of halogens is 1. The molecule has 1 aliphatic heterocycles. The minimum Gasteiger partial charge on any atom is -0.489 e. The van der Waals surface area contributed by atoms with Crippen LogP contribution >= 0.6 is 0 Å². The van der Waals surface area contributed by atoms with E-state index in [1.54, 1.807) is 48.5 Å². The maximum Gasteiger partial charge on any atom is 0.269 e. The summed E-state index contributed by atoms with van der Waals surface area (Å²) in [5.41, 5.74) is 3.28. The number of anilines is 1. The van der Waals surface area contributed by atoms with E-state index < -0.39 is 44.4 Å². The molecule has 0 bridgehead atoms. The third-order valence-electron chi connectivity index (χ3n) is 12.8. The van der Waals surface area contributed by atoms with E-state index in [0.29, 0.717) is 72.5 Å². The molecule has 1 amide bonds. The molecule has 0 spiro atoms. The molecule has 0 unspecified atom stereocenters. The van der Waals surface area contributed by atoms with Gasteiger partial charge in [-0.1, -0.05) is 48.3 Å². The molecule has 7 rings (SSSR count). The lowest BCUT2D eigenvalue weighted by Gasteiger charge is -2.59. The number of ether oxygens (including phenoxy) is 3. The molecule has 17 heteroatoms. The van der Waals surface area contributed by atoms with E-state index in [-0.39, 0.29) is 67.8 Å². The monoisotopic (exact) mass is 940 g/mol. The Balaban J connectivity index is 1.41. The highest BCUT2D eigenvalue weighted by molar-refractivity contribution is 7.89. The number of non-ortho nitro benzene ring substituents is 1. The number of fused-ring (bicyclic) bond motifs is 2. The van der Waals surface area contributed by atoms with Gasteiger partial charge in [-0.3, -0.25) is 14.9 Å². The maximum atomic E-state index is 14.9. The highest BCUT2D eigenvalue weighted by atomic mass is 32.2. The molecule has 1 saturated carbocycles. The lowest BCUT2D eigenvalue weighted by atomic mass is 9.55. The standard InChI is InChI=1S/C50H57FN4O11S/c1-4-27-64-50-47(54(3)67(61,62)40-22-17-37(18-23-40)52-33(2)58)30-45(53-65-31-34-15-19-38(20-16-34)55(59)60)42-28-35(11-7-9-25-56)41(13-8-10-26-57)48(49(42)50)43-29-39(21-24-46(43)66-50)63-32-36-12-5-6-14-44(36)51/h4-6,12,14-24,28-29,35,41,47-49,56-57H,1,7-11,13,25-27,30-32H2,2-3H3,(H,52,58)/t35-,41+,47-,48+,49+,50+/m0/s1. The van der Waals surface area contributed by atoms with E-state index >= 15 is 0 Å². The summed E-state index contributed by atoms with van der Waals surface area (Å²) in [5, 5.41) is 38.7. The number of unbranched alkanes of at least 4 members (excludes halogenated alkanes) is 2. The number of hydrogen-bond acceptors (Lipinski definition) is 12. The van der Waals surface area contributed by atoms with Gasteiger partial charge in [0.2, 0.25) is 21.7 Å². The molecule has 1 heterocycles. The van der Waals surface area contributed by atoms with Crippen LogP contribution < -0.4 is 14.8 Å². The summed E-state index contributed by atoms with van der Waals surface area (Å²) in [5.74, 6) is -2.88. The van der Waals surface area contributed by atoms with Gasteiger partial charge in [-0.25, -0.2) is 12.8 Å². The SMILES string of the molecule is C=CCO[C@@]12Oc3ccc(OCc4ccccc4F)cc3[C@H]3[C@H](CCCCO)[C@@H](CCCCO)C=C(C(=NOCc4ccc([N+](=O)[O-])cc4)C[C@@H]1N(C)S(=O)(=O)c1ccc(NC(C)=O)cc1)[C@H]32. The fraction of sp³-hybridized carbons (Fsp3) is 0.400. The van der Waals surface area contributed by atoms with Crippen molar-refractivity contribution in [2.75, 3.05) is 32.2 Å². The molecule has 0 saturated heterocycles. The Morgan fingerprint density at radius 3 is 2.40 bits per heavy atom. The maximum absolute atomic E-state index is 14.9. The lowest BCUT2D eigenvalue weighted by molar-refractivity contribution is -0.384. The summed E-state index contributed by atoms with van der Waals surface area (Å²) in [6.07, 6.45) is 7.57. The van der Waals surface area contributed by atoms with Gasteiger partial charge in [-0.05, 0) is 109 Å². The van der Waals surface area contributed by atoms with Crippen LogP contribution in [0.4, 0.5) is 15.8 Å². The second kappa shape index (κ2) is 21.8. The number of oxime groups is 1. The van der Waals surface area contributed by atoms with Gasteiger partial charge in [0.25, 0.3) is 5.69 Å². The minimum atomic E-state index is -4.34. The van der Waals surface area contributed by atoms with Crippen molar-refractivity contribution in [2.24, 2.45) is 22.9 Å². The summed E-state index contributed by atoms with van der Waals surface area (Å²) in [6, 6.07) is 22.5. The van der Waals surface area contributed by atoms with Gasteiger partial charge in [0.1, 0.15) is 30.5 Å². The van der Waals surface area contributed by atoms with E-state index in [1.807, 2.05) is 6.07 Å². The molecular formula is C50H57FN4O11S. The molecule has 15 nitrogen and oxygen atoms in total. The van der Waals surface area contributed by atoms with E-state index in [4.69, 9.17) is 24.2 Å². The van der Waals surface area contributed by atoms with Gasteiger partial charge in [-0.15, -0.1) is 6.58 Å². The van der Waals surface area contributed by atoms with Crippen LogP contribution in [0.5, 0.6) is 11.5 Å². The van der Waals surface area contributed by atoms with Gasteiger partial charge < -0.3 is 34.6 Å². The van der Waals surface area contributed by atoms with E-state index in [2.05, 4.69) is 18.0 Å². The predicted octanol–water partition coefficient (Wildman–Crippen LogP) is 8.43. The van der Waals surface area contributed by atoms with Crippen LogP contribution in [0, 0.1) is 33.7 Å². The topological polar surface area (TPSA) is 199 Å². The summed E-state index contributed by atoms with van der Waals surface area (Å²) < 4.78 is 66.2. The Hall–Kier alpha value is -5.98. The zero-order valence-electron chi connectivity index (χ0n) is 37.6. The molecule has 0 aromatic heterocycles. The van der Waals surface area contributed by atoms with Gasteiger partial charge in [0.05, 0.1) is 34.1 Å². The molecule has 4 aromatic carbocycles. The summed E-state index contributed by atoms with van der Waals surface area (Å²) >= 11 is 0. The van der Waals surface area contributed by atoms with Gasteiger partial charge in [0.15, 0.2) is 0 Å². The van der Waals surface area contributed by atoms with Gasteiger partial charge >= 0.3 is 0 Å². The molecule has 3 aliphatic rings. The summed E-state index contributed by atoms with van der Waals surface area (Å²) in [6.45, 7) is 5.21. The first kappa shape index (κ1) is 48.9. The third kappa shape index (κ3) is 10.8. The Labute approximate surface area is 390 Å². The van der Waals surface area contributed by atoms with Crippen LogP contribution in [-0.4, -0.2) is 78.2 Å². The van der Waals surface area contributed by atoms with Crippen molar-refractivity contribution >= 4 is 33.0 Å². The number of nitrogens with zero attached hydrogens (tertiary/aromatic N) is 3. The summed E-state index contributed by atoms with van der Waals surface area (Å²) in [7, 11) is -2.87. The largest absolute Gasteiger partial charge is 0.489 e. The number of nitro benzene ring substituents is 1. The van der Waals surface area contributed by atoms with Crippen molar-refractivity contribution in [3.63, 3.8) is 0 Å². The Bertz CT molecular complexity index is 2570. The third-order valence-corrected chi connectivity index (χ3v) is 14.7. The number of allylic oxidation sites excluding steroid dienone is 1. The van der Waals surface area contributed by atoms with Crippen LogP contribution in [0.2, 0.25) is 0 Å². The van der Waals surface area contributed by atoms with Crippen LogP contribution in [0.15, 0.2) is 125 Å². The number of carbonyl (C=O) groups is 1. The zero-order chi connectivity index (χ0) is 47.7. The highest BCUT2D eigenvalue weighted by Crippen LogP contribution is 2.62. The molecule has 1 fully saturated rings. The average Bonchev–Trinajstić information content (AvgIpc) is 3.31.